The number of nitrogens with one attached hydrogen (secondary N) is 1. The zero-order valence-electron chi connectivity index (χ0n) is 20.0. The second-order valence-corrected chi connectivity index (χ2v) is 8.82. The Morgan fingerprint density at radius 3 is 2.72 bits per heavy atom. The Morgan fingerprint density at radius 1 is 1.22 bits per heavy atom. The van der Waals surface area contributed by atoms with Crippen LogP contribution in [0.1, 0.15) is 72.5 Å². The Hall–Kier alpha value is -2.53. The van der Waals surface area contributed by atoms with Gasteiger partial charge in [0.1, 0.15) is 5.75 Å². The fourth-order valence-electron chi connectivity index (χ4n) is 4.68. The number of allylic oxidation sites excluding steroid dienone is 3. The molecule has 1 heterocycles. The minimum atomic E-state index is 0.134. The number of nitrogens with two attached hydrogens (primary N) is 1. The quantitative estimate of drug-likeness (QED) is 0.425. The zero-order valence-corrected chi connectivity index (χ0v) is 20.0. The standard InChI is InChI=1S/C27H39N3O2/c1-4-10-22(11-8-15-29-16-9-14-28)17-23-18-25-26(21(3)20(23)2)32-19-30(27(25)31)24-12-6-5-7-13-24/h8-11,16,18,24,29H,4-7,12-15,17,19,28H2,1-3H3/b11-8-,16-9-,22-10+. The first-order valence-electron chi connectivity index (χ1n) is 12.1. The molecule has 1 aliphatic heterocycles. The Morgan fingerprint density at radius 2 is 2.00 bits per heavy atom. The highest BCUT2D eigenvalue weighted by atomic mass is 16.5. The van der Waals surface area contributed by atoms with Crippen molar-refractivity contribution in [1.29, 1.82) is 0 Å². The van der Waals surface area contributed by atoms with Gasteiger partial charge in [-0.15, -0.1) is 0 Å². The summed E-state index contributed by atoms with van der Waals surface area (Å²) >= 11 is 0. The molecule has 1 fully saturated rings. The zero-order chi connectivity index (χ0) is 22.9. The molecule has 0 aromatic heterocycles. The fraction of sp³-hybridized carbons (Fsp3) is 0.519. The normalized spacial score (nSPS) is 17.8. The summed E-state index contributed by atoms with van der Waals surface area (Å²) in [5, 5.41) is 3.21. The van der Waals surface area contributed by atoms with E-state index >= 15 is 0 Å². The van der Waals surface area contributed by atoms with E-state index in [-0.39, 0.29) is 5.91 Å². The number of ether oxygens (including phenoxy) is 1. The number of rotatable bonds is 9. The van der Waals surface area contributed by atoms with E-state index < -0.39 is 0 Å². The monoisotopic (exact) mass is 437 g/mol. The van der Waals surface area contributed by atoms with E-state index in [0.29, 0.717) is 19.3 Å². The maximum Gasteiger partial charge on any atom is 0.260 e. The lowest BCUT2D eigenvalue weighted by atomic mass is 9.90. The van der Waals surface area contributed by atoms with E-state index in [1.54, 1.807) is 0 Å². The van der Waals surface area contributed by atoms with Crippen LogP contribution in [0.4, 0.5) is 0 Å². The summed E-state index contributed by atoms with van der Waals surface area (Å²) < 4.78 is 6.14. The lowest BCUT2D eigenvalue weighted by molar-refractivity contribution is 0.0316. The van der Waals surface area contributed by atoms with Crippen LogP contribution in [-0.4, -0.2) is 36.7 Å². The van der Waals surface area contributed by atoms with Gasteiger partial charge in [0.25, 0.3) is 5.91 Å². The second kappa shape index (κ2) is 11.9. The number of hydrogen-bond acceptors (Lipinski definition) is 4. The van der Waals surface area contributed by atoms with E-state index in [1.807, 2.05) is 17.2 Å². The van der Waals surface area contributed by atoms with Crippen LogP contribution in [0.3, 0.4) is 0 Å². The number of carbonyl (C=O) groups is 1. The summed E-state index contributed by atoms with van der Waals surface area (Å²) in [4.78, 5) is 15.4. The third kappa shape index (κ3) is 5.83. The highest BCUT2D eigenvalue weighted by Gasteiger charge is 2.33. The maximum absolute atomic E-state index is 13.4. The molecule has 3 N–H and O–H groups in total. The number of benzene rings is 1. The summed E-state index contributed by atoms with van der Waals surface area (Å²) in [6, 6.07) is 2.39. The van der Waals surface area contributed by atoms with Gasteiger partial charge in [0.2, 0.25) is 0 Å². The van der Waals surface area contributed by atoms with Gasteiger partial charge in [0.05, 0.1) is 5.56 Å². The summed E-state index contributed by atoms with van der Waals surface area (Å²) in [5.74, 6) is 0.908. The molecule has 0 radical (unpaired) electrons. The van der Waals surface area contributed by atoms with E-state index in [2.05, 4.69) is 50.4 Å². The van der Waals surface area contributed by atoms with Gasteiger partial charge in [-0.1, -0.05) is 50.5 Å². The van der Waals surface area contributed by atoms with E-state index in [1.165, 1.54) is 36.0 Å². The number of carbonyl (C=O) groups excluding carboxylic acids is 1. The van der Waals surface area contributed by atoms with Crippen LogP contribution in [0.2, 0.25) is 0 Å². The van der Waals surface area contributed by atoms with Crippen LogP contribution >= 0.6 is 0 Å². The van der Waals surface area contributed by atoms with Crippen molar-refractivity contribution in [2.75, 3.05) is 19.8 Å². The van der Waals surface area contributed by atoms with Gasteiger partial charge in [-0.05, 0) is 74.1 Å². The van der Waals surface area contributed by atoms with E-state index in [9.17, 15) is 4.79 Å². The van der Waals surface area contributed by atoms with Crippen molar-refractivity contribution in [3.05, 3.63) is 64.4 Å². The van der Waals surface area contributed by atoms with E-state index in [0.717, 1.165) is 49.1 Å². The number of fused-ring (bicyclic) bond motifs is 1. The lowest BCUT2D eigenvalue weighted by Crippen LogP contribution is -2.46. The first kappa shape index (κ1) is 24.1. The summed E-state index contributed by atoms with van der Waals surface area (Å²) in [6.07, 6.45) is 18.0. The summed E-state index contributed by atoms with van der Waals surface area (Å²) in [7, 11) is 0. The Balaban J connectivity index is 1.80. The van der Waals surface area contributed by atoms with Crippen molar-refractivity contribution in [2.24, 2.45) is 5.73 Å². The molecule has 5 heteroatoms. The van der Waals surface area contributed by atoms with Gasteiger partial charge in [0.15, 0.2) is 6.73 Å². The average molecular weight is 438 g/mol. The minimum absolute atomic E-state index is 0.134. The van der Waals surface area contributed by atoms with Crippen molar-refractivity contribution >= 4 is 5.91 Å². The SMILES string of the molecule is CC/C=C(\C=C/CN/C=C\CN)Cc1cc2c(c(C)c1C)OCN(C1CCCCC1)C2=O. The highest BCUT2D eigenvalue weighted by molar-refractivity contribution is 5.99. The minimum Gasteiger partial charge on any atom is -0.472 e. The smallest absolute Gasteiger partial charge is 0.260 e. The maximum atomic E-state index is 13.4. The highest BCUT2D eigenvalue weighted by Crippen LogP contribution is 2.36. The Kier molecular flexibility index (Phi) is 8.98. The van der Waals surface area contributed by atoms with Gasteiger partial charge in [0, 0.05) is 19.1 Å². The molecule has 1 saturated carbocycles. The molecule has 0 unspecified atom stereocenters. The molecule has 1 aliphatic carbocycles. The van der Waals surface area contributed by atoms with Gasteiger partial charge < -0.3 is 20.7 Å². The molecular weight excluding hydrogens is 398 g/mol. The molecule has 0 saturated heterocycles. The lowest BCUT2D eigenvalue weighted by Gasteiger charge is -2.38. The van der Waals surface area contributed by atoms with Crippen LogP contribution in [0.25, 0.3) is 0 Å². The molecule has 32 heavy (non-hydrogen) atoms. The molecule has 0 bridgehead atoms. The van der Waals surface area contributed by atoms with Crippen molar-refractivity contribution < 1.29 is 9.53 Å². The van der Waals surface area contributed by atoms with Crippen LogP contribution in [0.5, 0.6) is 5.75 Å². The second-order valence-electron chi connectivity index (χ2n) is 8.82. The van der Waals surface area contributed by atoms with Crippen LogP contribution in [0.15, 0.2) is 42.1 Å². The first-order chi connectivity index (χ1) is 15.6. The van der Waals surface area contributed by atoms with Crippen molar-refractivity contribution in [1.82, 2.24) is 10.2 Å². The number of amides is 1. The molecule has 5 nitrogen and oxygen atoms in total. The van der Waals surface area contributed by atoms with Gasteiger partial charge in [-0.25, -0.2) is 0 Å². The molecule has 0 spiro atoms. The van der Waals surface area contributed by atoms with Crippen LogP contribution in [-0.2, 0) is 6.42 Å². The number of nitrogens with zero attached hydrogens (tertiary/aromatic N) is 1. The van der Waals surface area contributed by atoms with Gasteiger partial charge in [-0.3, -0.25) is 4.79 Å². The van der Waals surface area contributed by atoms with Crippen molar-refractivity contribution in [2.45, 2.75) is 71.8 Å². The molecule has 3 rings (SSSR count). The van der Waals surface area contributed by atoms with E-state index in [4.69, 9.17) is 10.5 Å². The topological polar surface area (TPSA) is 67.6 Å². The number of hydrogen-bond donors (Lipinski definition) is 2. The molecule has 174 valence electrons. The third-order valence-electron chi connectivity index (χ3n) is 6.60. The Labute approximate surface area is 193 Å². The molecular formula is C27H39N3O2. The van der Waals surface area contributed by atoms with Crippen LogP contribution in [0, 0.1) is 13.8 Å². The van der Waals surface area contributed by atoms with Gasteiger partial charge >= 0.3 is 0 Å². The molecule has 1 aromatic carbocycles. The molecule has 0 atom stereocenters. The van der Waals surface area contributed by atoms with Crippen molar-refractivity contribution in [3.63, 3.8) is 0 Å². The predicted molar refractivity (Wildman–Crippen MR) is 132 cm³/mol. The predicted octanol–water partition coefficient (Wildman–Crippen LogP) is 4.93. The molecule has 1 amide bonds. The first-order valence-corrected chi connectivity index (χ1v) is 12.1. The Bertz CT molecular complexity index is 879. The summed E-state index contributed by atoms with van der Waals surface area (Å²) in [5.41, 5.74) is 10.9. The average Bonchev–Trinajstić information content (AvgIpc) is 2.80. The molecule has 2 aliphatic rings. The largest absolute Gasteiger partial charge is 0.472 e. The third-order valence-corrected chi connectivity index (χ3v) is 6.60. The van der Waals surface area contributed by atoms with Crippen molar-refractivity contribution in [3.8, 4) is 5.75 Å². The van der Waals surface area contributed by atoms with Gasteiger partial charge in [-0.2, -0.15) is 0 Å². The fourth-order valence-corrected chi connectivity index (χ4v) is 4.68. The van der Waals surface area contributed by atoms with Crippen LogP contribution < -0.4 is 15.8 Å². The molecule has 1 aromatic rings. The summed E-state index contributed by atoms with van der Waals surface area (Å²) in [6.45, 7) is 8.04.